The molecule has 1 fully saturated rings. The van der Waals surface area contributed by atoms with E-state index in [4.69, 9.17) is 11.6 Å². The number of aromatic nitrogens is 2. The average Bonchev–Trinajstić information content (AvgIpc) is 3.11. The molecular formula is C21H19ClF6N2O. The molecule has 0 amide bonds. The first-order chi connectivity index (χ1) is 14.5. The van der Waals surface area contributed by atoms with Crippen LogP contribution in [-0.2, 0) is 6.18 Å². The lowest BCUT2D eigenvalue weighted by Gasteiger charge is -2.23. The number of fused-ring (bicyclic) bond motifs is 1. The Kier molecular flexibility index (Phi) is 6.73. The molecule has 2 aromatic heterocycles. The number of halogens is 7. The minimum Gasteiger partial charge on any atom is -0.508 e. The molecule has 0 bridgehead atoms. The second-order valence-electron chi connectivity index (χ2n) is 7.36. The van der Waals surface area contributed by atoms with E-state index < -0.39 is 24.0 Å². The van der Waals surface area contributed by atoms with Crippen molar-refractivity contribution < 1.29 is 31.4 Å². The molecule has 0 spiro atoms. The lowest BCUT2D eigenvalue weighted by atomic mass is 9.89. The number of pyridine rings is 1. The topological polar surface area (TPSA) is 48.9 Å². The number of hydrogen-bond acceptors (Lipinski definition) is 2. The number of H-pyrrole nitrogens is 1. The summed E-state index contributed by atoms with van der Waals surface area (Å²) >= 11 is 5.84. The van der Waals surface area contributed by atoms with Crippen LogP contribution >= 0.6 is 11.6 Å². The van der Waals surface area contributed by atoms with Gasteiger partial charge in [-0.1, -0.05) is 30.9 Å². The third-order valence-electron chi connectivity index (χ3n) is 5.12. The number of rotatable bonds is 1. The zero-order chi connectivity index (χ0) is 22.8. The molecule has 1 aliphatic rings. The van der Waals surface area contributed by atoms with Gasteiger partial charge in [0.05, 0.1) is 5.92 Å². The standard InChI is InChI=1S/C14H8ClF3N2O.C7H11F3/c15-8-3-7(4-9(21)5-8)10-6-20-11-1-2-19-13(12(10)11)14(16,17)18;8-7(9,10)6-4-2-1-3-5-6/h1-6,20-21H;6H,1-5H2. The Morgan fingerprint density at radius 3 is 2.23 bits per heavy atom. The van der Waals surface area contributed by atoms with E-state index in [2.05, 4.69) is 9.97 Å². The van der Waals surface area contributed by atoms with Gasteiger partial charge in [0.2, 0.25) is 0 Å². The Morgan fingerprint density at radius 1 is 1.00 bits per heavy atom. The monoisotopic (exact) mass is 464 g/mol. The number of phenols is 1. The Morgan fingerprint density at radius 2 is 1.68 bits per heavy atom. The van der Waals surface area contributed by atoms with Gasteiger partial charge in [-0.05, 0) is 42.7 Å². The second kappa shape index (κ2) is 8.98. The van der Waals surface area contributed by atoms with Gasteiger partial charge >= 0.3 is 12.4 Å². The fraction of sp³-hybridized carbons (Fsp3) is 0.381. The molecule has 1 aromatic carbocycles. The van der Waals surface area contributed by atoms with E-state index in [0.717, 1.165) is 25.5 Å². The summed E-state index contributed by atoms with van der Waals surface area (Å²) in [5.74, 6) is -1.12. The molecule has 168 valence electrons. The Balaban J connectivity index is 0.000000229. The molecule has 10 heteroatoms. The quantitative estimate of drug-likeness (QED) is 0.362. The smallest absolute Gasteiger partial charge is 0.434 e. The normalized spacial score (nSPS) is 15.6. The van der Waals surface area contributed by atoms with Crippen molar-refractivity contribution >= 4 is 22.5 Å². The summed E-state index contributed by atoms with van der Waals surface area (Å²) in [5.41, 5.74) is -0.00418. The van der Waals surface area contributed by atoms with Gasteiger partial charge in [-0.15, -0.1) is 0 Å². The highest BCUT2D eigenvalue weighted by atomic mass is 35.5. The van der Waals surface area contributed by atoms with Crippen LogP contribution in [0, 0.1) is 5.92 Å². The number of phenolic OH excluding ortho intramolecular Hbond substituents is 1. The maximum Gasteiger partial charge on any atom is 0.434 e. The van der Waals surface area contributed by atoms with Gasteiger partial charge in [0.25, 0.3) is 0 Å². The van der Waals surface area contributed by atoms with Crippen molar-refractivity contribution in [2.24, 2.45) is 5.92 Å². The van der Waals surface area contributed by atoms with Gasteiger partial charge in [-0.3, -0.25) is 4.98 Å². The first kappa shape index (κ1) is 23.2. The van der Waals surface area contributed by atoms with E-state index in [1.807, 2.05) is 0 Å². The van der Waals surface area contributed by atoms with Gasteiger partial charge in [0.1, 0.15) is 5.75 Å². The fourth-order valence-corrected chi connectivity index (χ4v) is 3.91. The molecule has 3 nitrogen and oxygen atoms in total. The number of nitrogens with one attached hydrogen (secondary N) is 1. The first-order valence-corrected chi connectivity index (χ1v) is 9.94. The van der Waals surface area contributed by atoms with Crippen LogP contribution in [0.25, 0.3) is 22.0 Å². The molecule has 1 aliphatic carbocycles. The number of alkyl halides is 6. The van der Waals surface area contributed by atoms with Crippen LogP contribution in [0.2, 0.25) is 5.02 Å². The van der Waals surface area contributed by atoms with E-state index in [9.17, 15) is 31.4 Å². The summed E-state index contributed by atoms with van der Waals surface area (Å²) in [4.78, 5) is 6.21. The molecule has 0 atom stereocenters. The maximum absolute atomic E-state index is 13.1. The molecule has 0 aliphatic heterocycles. The van der Waals surface area contributed by atoms with Crippen molar-refractivity contribution in [3.63, 3.8) is 0 Å². The van der Waals surface area contributed by atoms with Crippen molar-refractivity contribution in [1.82, 2.24) is 9.97 Å². The predicted molar refractivity (Wildman–Crippen MR) is 106 cm³/mol. The van der Waals surface area contributed by atoms with Crippen molar-refractivity contribution in [3.8, 4) is 16.9 Å². The lowest BCUT2D eigenvalue weighted by molar-refractivity contribution is -0.181. The van der Waals surface area contributed by atoms with Crippen molar-refractivity contribution in [2.75, 3.05) is 0 Å². The fourth-order valence-electron chi connectivity index (χ4n) is 3.68. The highest BCUT2D eigenvalue weighted by molar-refractivity contribution is 6.31. The molecule has 2 N–H and O–H groups in total. The van der Waals surface area contributed by atoms with Crippen LogP contribution in [0.4, 0.5) is 26.3 Å². The number of benzene rings is 1. The van der Waals surface area contributed by atoms with Crippen LogP contribution in [0.15, 0.2) is 36.7 Å². The Hall–Kier alpha value is -2.42. The van der Waals surface area contributed by atoms with Gasteiger partial charge in [-0.25, -0.2) is 0 Å². The summed E-state index contributed by atoms with van der Waals surface area (Å²) in [7, 11) is 0. The first-order valence-electron chi connectivity index (χ1n) is 9.56. The maximum atomic E-state index is 13.1. The summed E-state index contributed by atoms with van der Waals surface area (Å²) in [6.07, 6.45) is -2.78. The Labute approximate surface area is 179 Å². The predicted octanol–water partition coefficient (Wildman–Crippen LogP) is 7.74. The van der Waals surface area contributed by atoms with Crippen molar-refractivity contribution in [2.45, 2.75) is 44.5 Å². The molecule has 0 saturated heterocycles. The molecule has 1 saturated carbocycles. The van der Waals surface area contributed by atoms with E-state index >= 15 is 0 Å². The minimum atomic E-state index is -4.57. The SMILES string of the molecule is FC(F)(F)C1CCCCC1.Oc1cc(Cl)cc(-c2c[nH]c3ccnc(C(F)(F)F)c23)c1. The zero-order valence-electron chi connectivity index (χ0n) is 16.1. The van der Waals surface area contributed by atoms with E-state index in [1.54, 1.807) is 0 Å². The summed E-state index contributed by atoms with van der Waals surface area (Å²) in [6.45, 7) is 0. The van der Waals surface area contributed by atoms with Gasteiger partial charge in [-0.2, -0.15) is 26.3 Å². The molecule has 31 heavy (non-hydrogen) atoms. The van der Waals surface area contributed by atoms with Gasteiger partial charge in [0, 0.05) is 33.9 Å². The van der Waals surface area contributed by atoms with Crippen LogP contribution < -0.4 is 0 Å². The second-order valence-corrected chi connectivity index (χ2v) is 7.79. The largest absolute Gasteiger partial charge is 0.508 e. The van der Waals surface area contributed by atoms with Crippen LogP contribution in [0.1, 0.15) is 37.8 Å². The Bertz CT molecular complexity index is 1020. The third-order valence-corrected chi connectivity index (χ3v) is 5.34. The summed E-state index contributed by atoms with van der Waals surface area (Å²) in [5, 5.41) is 9.75. The molecule has 3 aromatic rings. The highest BCUT2D eigenvalue weighted by Crippen LogP contribution is 2.40. The molecule has 0 unspecified atom stereocenters. The van der Waals surface area contributed by atoms with Crippen molar-refractivity contribution in [3.05, 3.63) is 47.4 Å². The van der Waals surface area contributed by atoms with Gasteiger partial charge < -0.3 is 10.1 Å². The van der Waals surface area contributed by atoms with Gasteiger partial charge in [0.15, 0.2) is 5.69 Å². The van der Waals surface area contributed by atoms with E-state index in [-0.39, 0.29) is 21.7 Å². The molecular weight excluding hydrogens is 446 g/mol. The van der Waals surface area contributed by atoms with Crippen molar-refractivity contribution in [1.29, 1.82) is 0 Å². The number of aromatic amines is 1. The minimum absolute atomic E-state index is 0.0494. The zero-order valence-corrected chi connectivity index (χ0v) is 16.9. The van der Waals surface area contributed by atoms with Crippen LogP contribution in [-0.4, -0.2) is 21.3 Å². The van der Waals surface area contributed by atoms with Crippen LogP contribution in [0.3, 0.4) is 0 Å². The van der Waals surface area contributed by atoms with E-state index in [0.29, 0.717) is 23.9 Å². The molecule has 4 rings (SSSR count). The highest BCUT2D eigenvalue weighted by Gasteiger charge is 2.39. The average molecular weight is 465 g/mol. The number of aromatic hydroxyl groups is 1. The molecule has 0 radical (unpaired) electrons. The third kappa shape index (κ3) is 5.64. The molecule has 2 heterocycles. The lowest BCUT2D eigenvalue weighted by Crippen LogP contribution is -2.24. The number of hydrogen-bond donors (Lipinski definition) is 2. The summed E-state index contributed by atoms with van der Waals surface area (Å²) < 4.78 is 75.1. The van der Waals surface area contributed by atoms with Crippen LogP contribution in [0.5, 0.6) is 5.75 Å². The number of nitrogens with zero attached hydrogens (tertiary/aromatic N) is 1. The summed E-state index contributed by atoms with van der Waals surface area (Å²) in [6, 6.07) is 5.60. The van der Waals surface area contributed by atoms with E-state index in [1.165, 1.54) is 30.5 Å².